The van der Waals surface area contributed by atoms with E-state index in [-0.39, 0.29) is 12.5 Å². The molecule has 0 aliphatic carbocycles. The Kier molecular flexibility index (Phi) is 9.24. The van der Waals surface area contributed by atoms with Crippen LogP contribution in [0.2, 0.25) is 0 Å². The van der Waals surface area contributed by atoms with Crippen LogP contribution in [-0.4, -0.2) is 39.4 Å². The van der Waals surface area contributed by atoms with E-state index in [0.29, 0.717) is 25.1 Å². The third kappa shape index (κ3) is 8.03. The molecule has 0 heterocycles. The van der Waals surface area contributed by atoms with Crippen molar-refractivity contribution in [2.24, 2.45) is 0 Å². The van der Waals surface area contributed by atoms with Crippen LogP contribution in [0.5, 0.6) is 0 Å². The van der Waals surface area contributed by atoms with Crippen LogP contribution >= 0.6 is 11.8 Å². The Morgan fingerprint density at radius 3 is 2.50 bits per heavy atom. The lowest BCUT2D eigenvalue weighted by molar-refractivity contribution is -0.121. The minimum Gasteiger partial charge on any atom is -0.355 e. The number of amides is 1. The number of thioether (sulfide) groups is 1. The second-order valence-electron chi connectivity index (χ2n) is 7.60. The third-order valence-corrected chi connectivity index (χ3v) is 7.09. The number of hydrogen-bond donors (Lipinski definition) is 1. The van der Waals surface area contributed by atoms with Gasteiger partial charge in [0, 0.05) is 31.0 Å². The molecule has 0 aliphatic rings. The first kappa shape index (κ1) is 24.3. The highest BCUT2D eigenvalue weighted by Gasteiger charge is 2.18. The molecule has 0 atom stereocenters. The molecule has 1 amide bonds. The zero-order chi connectivity index (χ0) is 22.1. The number of nitrogens with one attached hydrogen (secondary N) is 1. The van der Waals surface area contributed by atoms with E-state index in [1.165, 1.54) is 21.7 Å². The molecule has 0 bridgehead atoms. The van der Waals surface area contributed by atoms with Crippen molar-refractivity contribution in [2.75, 3.05) is 29.4 Å². The van der Waals surface area contributed by atoms with E-state index >= 15 is 0 Å². The van der Waals surface area contributed by atoms with Gasteiger partial charge in [-0.1, -0.05) is 35.9 Å². The molecule has 0 unspecified atom stereocenters. The van der Waals surface area contributed by atoms with Crippen LogP contribution < -0.4 is 9.62 Å². The minimum atomic E-state index is -3.40. The molecule has 0 aliphatic heterocycles. The molecule has 0 saturated carbocycles. The van der Waals surface area contributed by atoms with E-state index < -0.39 is 10.0 Å². The zero-order valence-corrected chi connectivity index (χ0v) is 19.9. The van der Waals surface area contributed by atoms with Crippen molar-refractivity contribution in [3.8, 4) is 0 Å². The first-order valence-electron chi connectivity index (χ1n) is 10.1. The third-order valence-electron chi connectivity index (χ3n) is 4.86. The smallest absolute Gasteiger partial charge is 0.232 e. The monoisotopic (exact) mass is 448 g/mol. The van der Waals surface area contributed by atoms with Crippen molar-refractivity contribution >= 4 is 33.4 Å². The van der Waals surface area contributed by atoms with Gasteiger partial charge in [-0.15, -0.1) is 0 Å². The molecule has 1 N–H and O–H groups in total. The van der Waals surface area contributed by atoms with E-state index in [9.17, 15) is 13.2 Å². The second-order valence-corrected chi connectivity index (χ2v) is 10.6. The molecule has 2 aromatic rings. The van der Waals surface area contributed by atoms with E-state index in [2.05, 4.69) is 36.5 Å². The Morgan fingerprint density at radius 2 is 1.83 bits per heavy atom. The number of rotatable bonds is 11. The lowest BCUT2D eigenvalue weighted by Gasteiger charge is -2.23. The molecular formula is C23H32N2O3S2. The standard InChI is InChI=1S/C23H32N2O3S2/c1-18-7-5-8-21(15-18)17-29-14-12-24-23(26)9-6-13-25(30(4,27)28)22-11-10-19(2)20(3)16-22/h5,7-8,10-11,15-16H,6,9,12-14,17H2,1-4H3,(H,24,26). The van der Waals surface area contributed by atoms with Crippen LogP contribution in [0.3, 0.4) is 0 Å². The lowest BCUT2D eigenvalue weighted by Crippen LogP contribution is -2.32. The average Bonchev–Trinajstić information content (AvgIpc) is 2.66. The number of aryl methyl sites for hydroxylation is 3. The van der Waals surface area contributed by atoms with Gasteiger partial charge >= 0.3 is 0 Å². The first-order chi connectivity index (χ1) is 14.2. The number of carbonyl (C=O) groups excluding carboxylic acids is 1. The number of hydrogen-bond acceptors (Lipinski definition) is 4. The van der Waals surface area contributed by atoms with Crippen LogP contribution in [0.15, 0.2) is 42.5 Å². The SMILES string of the molecule is Cc1cccc(CSCCNC(=O)CCCN(c2ccc(C)c(C)c2)S(C)(=O)=O)c1. The highest BCUT2D eigenvalue weighted by atomic mass is 32.2. The van der Waals surface area contributed by atoms with Gasteiger partial charge < -0.3 is 5.32 Å². The van der Waals surface area contributed by atoms with Crippen LogP contribution in [0.4, 0.5) is 5.69 Å². The normalized spacial score (nSPS) is 11.3. The molecule has 2 rings (SSSR count). The quantitative estimate of drug-likeness (QED) is 0.523. The van der Waals surface area contributed by atoms with E-state index in [1.807, 2.05) is 32.0 Å². The summed E-state index contributed by atoms with van der Waals surface area (Å²) >= 11 is 1.79. The van der Waals surface area contributed by atoms with Crippen molar-refractivity contribution in [1.82, 2.24) is 5.32 Å². The number of sulfonamides is 1. The molecule has 0 saturated heterocycles. The molecule has 0 aromatic heterocycles. The van der Waals surface area contributed by atoms with E-state index in [0.717, 1.165) is 22.6 Å². The van der Waals surface area contributed by atoms with Gasteiger partial charge in [0.2, 0.25) is 15.9 Å². The summed E-state index contributed by atoms with van der Waals surface area (Å²) in [5.41, 5.74) is 5.35. The van der Waals surface area contributed by atoms with Crippen LogP contribution in [0.1, 0.15) is 35.1 Å². The summed E-state index contributed by atoms with van der Waals surface area (Å²) in [6.45, 7) is 6.94. The molecule has 164 valence electrons. The predicted octanol–water partition coefficient (Wildman–Crippen LogP) is 4.21. The largest absolute Gasteiger partial charge is 0.355 e. The summed E-state index contributed by atoms with van der Waals surface area (Å²) in [4.78, 5) is 12.1. The summed E-state index contributed by atoms with van der Waals surface area (Å²) in [7, 11) is -3.40. The van der Waals surface area contributed by atoms with Gasteiger partial charge in [-0.2, -0.15) is 11.8 Å². The highest BCUT2D eigenvalue weighted by Crippen LogP contribution is 2.21. The number of carbonyl (C=O) groups is 1. The van der Waals surface area contributed by atoms with Crippen LogP contribution in [0.25, 0.3) is 0 Å². The molecule has 30 heavy (non-hydrogen) atoms. The maximum Gasteiger partial charge on any atom is 0.232 e. The molecule has 0 fully saturated rings. The Balaban J connectivity index is 1.73. The van der Waals surface area contributed by atoms with Gasteiger partial charge in [-0.25, -0.2) is 8.42 Å². The Morgan fingerprint density at radius 1 is 1.07 bits per heavy atom. The predicted molar refractivity (Wildman–Crippen MR) is 128 cm³/mol. The van der Waals surface area contributed by atoms with E-state index in [1.54, 1.807) is 11.8 Å². The highest BCUT2D eigenvalue weighted by molar-refractivity contribution is 7.98. The zero-order valence-electron chi connectivity index (χ0n) is 18.3. The summed E-state index contributed by atoms with van der Waals surface area (Å²) in [5.74, 6) is 1.73. The maximum absolute atomic E-state index is 12.2. The van der Waals surface area contributed by atoms with Gasteiger partial charge in [0.15, 0.2) is 0 Å². The summed E-state index contributed by atoms with van der Waals surface area (Å²) in [6, 6.07) is 14.0. The van der Waals surface area contributed by atoms with Crippen molar-refractivity contribution in [3.05, 3.63) is 64.7 Å². The topological polar surface area (TPSA) is 66.5 Å². The van der Waals surface area contributed by atoms with Crippen LogP contribution in [0, 0.1) is 20.8 Å². The molecule has 5 nitrogen and oxygen atoms in total. The Labute approximate surface area is 185 Å². The van der Waals surface area contributed by atoms with Gasteiger partial charge in [0.1, 0.15) is 0 Å². The fraction of sp³-hybridized carbons (Fsp3) is 0.435. The Hall–Kier alpha value is -1.99. The first-order valence-corrected chi connectivity index (χ1v) is 13.1. The van der Waals surface area contributed by atoms with Gasteiger partial charge in [0.25, 0.3) is 0 Å². The lowest BCUT2D eigenvalue weighted by atomic mass is 10.1. The van der Waals surface area contributed by atoms with Gasteiger partial charge in [-0.05, 0) is 56.0 Å². The molecule has 7 heteroatoms. The summed E-state index contributed by atoms with van der Waals surface area (Å²) in [5, 5.41) is 2.92. The number of nitrogens with zero attached hydrogens (tertiary/aromatic N) is 1. The van der Waals surface area contributed by atoms with Crippen LogP contribution in [-0.2, 0) is 20.6 Å². The van der Waals surface area contributed by atoms with Gasteiger partial charge in [-0.3, -0.25) is 9.10 Å². The second kappa shape index (κ2) is 11.4. The van der Waals surface area contributed by atoms with Crippen molar-refractivity contribution in [2.45, 2.75) is 39.4 Å². The van der Waals surface area contributed by atoms with Crippen molar-refractivity contribution in [3.63, 3.8) is 0 Å². The number of anilines is 1. The summed E-state index contributed by atoms with van der Waals surface area (Å²) in [6.07, 6.45) is 1.98. The molecule has 2 aromatic carbocycles. The fourth-order valence-electron chi connectivity index (χ4n) is 3.09. The fourth-order valence-corrected chi connectivity index (χ4v) is 4.86. The van der Waals surface area contributed by atoms with Crippen molar-refractivity contribution in [1.29, 1.82) is 0 Å². The molecule has 0 radical (unpaired) electrons. The average molecular weight is 449 g/mol. The summed E-state index contributed by atoms with van der Waals surface area (Å²) < 4.78 is 25.8. The van der Waals surface area contributed by atoms with Gasteiger partial charge in [0.05, 0.1) is 11.9 Å². The molecule has 0 spiro atoms. The Bertz CT molecular complexity index is 959. The van der Waals surface area contributed by atoms with Crippen molar-refractivity contribution < 1.29 is 13.2 Å². The van der Waals surface area contributed by atoms with E-state index in [4.69, 9.17) is 0 Å². The molecular weight excluding hydrogens is 416 g/mol. The minimum absolute atomic E-state index is 0.0420. The maximum atomic E-state index is 12.2. The number of benzene rings is 2.